The predicted molar refractivity (Wildman–Crippen MR) is 201 cm³/mol. The lowest BCUT2D eigenvalue weighted by molar-refractivity contribution is 0.0231. The van der Waals surface area contributed by atoms with E-state index in [0.29, 0.717) is 53.5 Å². The van der Waals surface area contributed by atoms with E-state index < -0.39 is 17.6 Å². The standard InChI is InChI=1S/C38H52N10O4/c1-26-21-28-23-32(40-26)30-24-39-44(6)35(30)51-20-19-47(37(50)52-38(2,3)4)17-18-48-33-22-27(7-8-31(33)41-36(48)42-34(28)49)25-45-11-9-29(10-12-45)46-15-13-43(5)14-16-46/h7-8,21-24,29H,9-20,25H2,1-6H3,(H,41,42,49). The van der Waals surface area contributed by atoms with E-state index in [0.717, 1.165) is 57.2 Å². The lowest BCUT2D eigenvalue weighted by atomic mass is 10.0. The first-order chi connectivity index (χ1) is 24.9. The zero-order chi connectivity index (χ0) is 36.6. The molecule has 0 radical (unpaired) electrons. The number of nitrogens with one attached hydrogen (secondary N) is 1. The molecule has 0 spiro atoms. The molecule has 4 aliphatic rings. The summed E-state index contributed by atoms with van der Waals surface area (Å²) in [6.07, 6.45) is 3.60. The Morgan fingerprint density at radius 3 is 2.50 bits per heavy atom. The molecule has 14 heteroatoms. The molecule has 52 heavy (non-hydrogen) atoms. The monoisotopic (exact) mass is 712 g/mol. The molecule has 2 bridgehead atoms. The summed E-state index contributed by atoms with van der Waals surface area (Å²) >= 11 is 0. The Morgan fingerprint density at radius 2 is 1.75 bits per heavy atom. The van der Waals surface area contributed by atoms with Gasteiger partial charge in [0.1, 0.15) is 12.2 Å². The van der Waals surface area contributed by atoms with E-state index in [2.05, 4.69) is 55.4 Å². The molecule has 0 saturated carbocycles. The number of hydrogen-bond acceptors (Lipinski definition) is 11. The molecule has 6 heterocycles. The highest BCUT2D eigenvalue weighted by Crippen LogP contribution is 2.35. The number of carbonyl (C=O) groups is 2. The third-order valence-electron chi connectivity index (χ3n) is 10.3. The van der Waals surface area contributed by atoms with E-state index in [1.807, 2.05) is 32.6 Å². The van der Waals surface area contributed by atoms with Crippen LogP contribution in [0.3, 0.4) is 0 Å². The summed E-state index contributed by atoms with van der Waals surface area (Å²) in [5.74, 6) is 0.508. The van der Waals surface area contributed by atoms with E-state index in [9.17, 15) is 9.59 Å². The van der Waals surface area contributed by atoms with Gasteiger partial charge < -0.3 is 29.5 Å². The second-order valence-electron chi connectivity index (χ2n) is 15.4. The number of piperazine rings is 1. The third-order valence-corrected chi connectivity index (χ3v) is 10.3. The summed E-state index contributed by atoms with van der Waals surface area (Å²) in [6.45, 7) is 16.2. The van der Waals surface area contributed by atoms with Crippen LogP contribution in [0.4, 0.5) is 16.2 Å². The molecule has 4 aliphatic heterocycles. The number of hydrogen-bond donors (Lipinski definition) is 1. The van der Waals surface area contributed by atoms with E-state index in [1.165, 1.54) is 18.4 Å². The number of carbonyl (C=O) groups excluding carboxylic acids is 2. The zero-order valence-corrected chi connectivity index (χ0v) is 31.4. The summed E-state index contributed by atoms with van der Waals surface area (Å²) in [5, 5.41) is 7.80. The third kappa shape index (κ3) is 8.08. The van der Waals surface area contributed by atoms with Gasteiger partial charge in [0.05, 0.1) is 35.4 Å². The van der Waals surface area contributed by atoms with Crippen LogP contribution in [0, 0.1) is 6.92 Å². The predicted octanol–water partition coefficient (Wildman–Crippen LogP) is 4.06. The van der Waals surface area contributed by atoms with Crippen LogP contribution in [0.25, 0.3) is 11.3 Å². The number of anilines is 2. The number of likely N-dealkylation sites (tertiary alicyclic amines) is 1. The Balaban J connectivity index is 1.16. The molecule has 2 saturated heterocycles. The summed E-state index contributed by atoms with van der Waals surface area (Å²) < 4.78 is 13.7. The van der Waals surface area contributed by atoms with Crippen molar-refractivity contribution in [1.29, 1.82) is 0 Å². The SMILES string of the molecule is Cc1cc2cc(n1)-c1cnn(C)c1OCCN(C(=O)OC(C)(C)C)CCN1/C(=N/C2=O)Nc2ccc(CN3CCC(N4CCN(C)CC4)CC3)cc21. The van der Waals surface area contributed by atoms with Crippen molar-refractivity contribution in [2.75, 3.05) is 82.8 Å². The summed E-state index contributed by atoms with van der Waals surface area (Å²) in [7, 11) is 4.00. The van der Waals surface area contributed by atoms with Crippen LogP contribution in [0.5, 0.6) is 5.88 Å². The molecule has 7 rings (SSSR count). The Labute approximate surface area is 306 Å². The molecule has 1 N–H and O–H groups in total. The number of likely N-dealkylation sites (N-methyl/N-ethyl adjacent to an activating group) is 1. The molecule has 2 aromatic heterocycles. The smallest absolute Gasteiger partial charge is 0.410 e. The zero-order valence-electron chi connectivity index (χ0n) is 31.4. The van der Waals surface area contributed by atoms with Crippen molar-refractivity contribution in [1.82, 2.24) is 34.4 Å². The van der Waals surface area contributed by atoms with Gasteiger partial charge >= 0.3 is 6.09 Å². The van der Waals surface area contributed by atoms with E-state index >= 15 is 0 Å². The second-order valence-corrected chi connectivity index (χ2v) is 15.4. The summed E-state index contributed by atoms with van der Waals surface area (Å²) in [4.78, 5) is 48.0. The van der Waals surface area contributed by atoms with Crippen molar-refractivity contribution >= 4 is 29.3 Å². The average molecular weight is 713 g/mol. The van der Waals surface area contributed by atoms with Gasteiger partial charge in [-0.15, -0.1) is 0 Å². The van der Waals surface area contributed by atoms with Gasteiger partial charge in [0, 0.05) is 70.2 Å². The van der Waals surface area contributed by atoms with Crippen LogP contribution < -0.4 is 15.0 Å². The highest BCUT2D eigenvalue weighted by molar-refractivity contribution is 6.19. The normalized spacial score (nSPS) is 20.8. The maximum atomic E-state index is 13.9. The number of guanidine groups is 1. The minimum absolute atomic E-state index is 0.203. The fourth-order valence-corrected chi connectivity index (χ4v) is 7.47. The van der Waals surface area contributed by atoms with E-state index in [1.54, 1.807) is 35.0 Å². The minimum atomic E-state index is -0.674. The molecule has 0 unspecified atom stereocenters. The number of piperidine rings is 1. The van der Waals surface area contributed by atoms with Gasteiger partial charge in [-0.3, -0.25) is 19.6 Å². The molecular formula is C38H52N10O4. The van der Waals surface area contributed by atoms with E-state index in [4.69, 9.17) is 14.5 Å². The highest BCUT2D eigenvalue weighted by Gasteiger charge is 2.31. The highest BCUT2D eigenvalue weighted by atomic mass is 16.6. The first-order valence-electron chi connectivity index (χ1n) is 18.5. The molecule has 2 fully saturated rings. The number of pyridine rings is 1. The van der Waals surface area contributed by atoms with Crippen molar-refractivity contribution in [2.24, 2.45) is 12.0 Å². The van der Waals surface area contributed by atoms with Gasteiger partial charge in [0.2, 0.25) is 11.8 Å². The topological polar surface area (TPSA) is 124 Å². The fraction of sp³-hybridized carbons (Fsp3) is 0.553. The van der Waals surface area contributed by atoms with Crippen molar-refractivity contribution in [3.63, 3.8) is 0 Å². The number of benzene rings is 1. The number of fused-ring (bicyclic) bond motifs is 7. The molecule has 0 aliphatic carbocycles. The lowest BCUT2D eigenvalue weighted by Crippen LogP contribution is -2.52. The number of aryl methyl sites for hydroxylation is 2. The average Bonchev–Trinajstić information content (AvgIpc) is 3.64. The first kappa shape index (κ1) is 35.9. The maximum Gasteiger partial charge on any atom is 0.410 e. The number of ether oxygens (including phenoxy) is 2. The second kappa shape index (κ2) is 14.8. The van der Waals surface area contributed by atoms with Crippen LogP contribution in [0.1, 0.15) is 55.2 Å². The van der Waals surface area contributed by atoms with E-state index in [-0.39, 0.29) is 13.2 Å². The lowest BCUT2D eigenvalue weighted by Gasteiger charge is -2.42. The van der Waals surface area contributed by atoms with Crippen LogP contribution in [-0.4, -0.2) is 137 Å². The molecule has 3 aromatic rings. The molecule has 2 amide bonds. The van der Waals surface area contributed by atoms with Crippen molar-refractivity contribution in [3.8, 4) is 17.1 Å². The number of rotatable bonds is 3. The van der Waals surface area contributed by atoms with Gasteiger partial charge in [-0.05, 0) is 90.5 Å². The first-order valence-corrected chi connectivity index (χ1v) is 18.5. The Morgan fingerprint density at radius 1 is 0.981 bits per heavy atom. The van der Waals surface area contributed by atoms with Gasteiger partial charge in [-0.25, -0.2) is 9.48 Å². The van der Waals surface area contributed by atoms with Gasteiger partial charge in [0.25, 0.3) is 5.91 Å². The van der Waals surface area contributed by atoms with Crippen LogP contribution >= 0.6 is 0 Å². The Bertz CT molecular complexity index is 1820. The Hall–Kier alpha value is -4.53. The Kier molecular flexibility index (Phi) is 10.2. The molecule has 278 valence electrons. The van der Waals surface area contributed by atoms with Crippen LogP contribution in [-0.2, 0) is 18.3 Å². The number of nitrogens with zero attached hydrogens (tertiary/aromatic N) is 9. The largest absolute Gasteiger partial charge is 0.475 e. The van der Waals surface area contributed by atoms with Crippen LogP contribution in [0.15, 0.2) is 41.5 Å². The van der Waals surface area contributed by atoms with Crippen molar-refractivity contribution < 1.29 is 19.1 Å². The maximum absolute atomic E-state index is 13.9. The fourth-order valence-electron chi connectivity index (χ4n) is 7.47. The molecule has 14 nitrogen and oxygen atoms in total. The van der Waals surface area contributed by atoms with Crippen molar-refractivity contribution in [3.05, 3.63) is 53.3 Å². The molecular weight excluding hydrogens is 660 g/mol. The quantitative estimate of drug-likeness (QED) is 0.423. The van der Waals surface area contributed by atoms with Gasteiger partial charge in [-0.2, -0.15) is 10.1 Å². The van der Waals surface area contributed by atoms with Crippen molar-refractivity contribution in [2.45, 2.75) is 58.7 Å². The number of amides is 2. The number of aliphatic imine (C=N–C) groups is 1. The van der Waals surface area contributed by atoms with Gasteiger partial charge in [-0.1, -0.05) is 6.07 Å². The van der Waals surface area contributed by atoms with Crippen LogP contribution in [0.2, 0.25) is 0 Å². The summed E-state index contributed by atoms with van der Waals surface area (Å²) in [5.41, 5.74) is 4.60. The van der Waals surface area contributed by atoms with Gasteiger partial charge in [0.15, 0.2) is 0 Å². The number of aromatic nitrogens is 3. The summed E-state index contributed by atoms with van der Waals surface area (Å²) in [6, 6.07) is 10.5. The molecule has 0 atom stereocenters. The minimum Gasteiger partial charge on any atom is -0.475 e. The molecule has 1 aromatic carbocycles.